The lowest BCUT2D eigenvalue weighted by Crippen LogP contribution is -2.11. The molecule has 0 radical (unpaired) electrons. The van der Waals surface area contributed by atoms with Crippen molar-refractivity contribution >= 4 is 11.9 Å². The van der Waals surface area contributed by atoms with Gasteiger partial charge in [-0.3, -0.25) is 9.59 Å². The molecule has 0 heterocycles. The molecule has 342 valence electrons. The Balaban J connectivity index is 2.10. The summed E-state index contributed by atoms with van der Waals surface area (Å²) < 4.78 is 23.1. The summed E-state index contributed by atoms with van der Waals surface area (Å²) in [6.07, 6.45) is 48.3. The lowest BCUT2D eigenvalue weighted by Gasteiger charge is -2.15. The van der Waals surface area contributed by atoms with Gasteiger partial charge in [0.2, 0.25) is 0 Å². The van der Waals surface area contributed by atoms with E-state index in [0.29, 0.717) is 39.3 Å². The quantitative estimate of drug-likeness (QED) is 0.0369. The second kappa shape index (κ2) is 42.4. The minimum atomic E-state index is -0.0923. The van der Waals surface area contributed by atoms with E-state index in [4.69, 9.17) is 18.9 Å². The van der Waals surface area contributed by atoms with Crippen molar-refractivity contribution in [2.24, 2.45) is 0 Å². The van der Waals surface area contributed by atoms with Gasteiger partial charge in [0, 0.05) is 25.5 Å². The van der Waals surface area contributed by atoms with Crippen molar-refractivity contribution in [3.8, 4) is 11.5 Å². The zero-order chi connectivity index (χ0) is 43.4. The fourth-order valence-electron chi connectivity index (χ4n) is 6.72. The fraction of sp³-hybridized carbons (Fsp3) is 0.698. The van der Waals surface area contributed by atoms with Crippen LogP contribution in [0.25, 0.3) is 0 Å². The van der Waals surface area contributed by atoms with E-state index in [-0.39, 0.29) is 11.9 Å². The Bertz CT molecular complexity index is 1180. The number of ether oxygens (including phenoxy) is 4. The van der Waals surface area contributed by atoms with E-state index in [1.54, 1.807) is 0 Å². The minimum Gasteiger partial charge on any atom is -0.493 e. The van der Waals surface area contributed by atoms with Gasteiger partial charge in [-0.1, -0.05) is 127 Å². The molecule has 1 rings (SSSR count). The second-order valence-electron chi connectivity index (χ2n) is 16.6. The van der Waals surface area contributed by atoms with Crippen molar-refractivity contribution < 1.29 is 28.5 Å². The molecule has 0 aliphatic carbocycles. The van der Waals surface area contributed by atoms with Crippen LogP contribution in [0.5, 0.6) is 11.5 Å². The van der Waals surface area contributed by atoms with Crippen LogP contribution < -0.4 is 9.47 Å². The van der Waals surface area contributed by atoms with Gasteiger partial charge < -0.3 is 23.8 Å². The standard InChI is InChI=1S/C53H89NO6/c1-5-7-9-11-13-15-17-19-21-23-25-27-29-31-33-39-52(55)59-43-37-35-41-57-50-45-49(48-54(3)4)46-51(47-50)58-42-36-38-44-60-53(56)40-34-32-30-28-26-24-22-20-18-16-14-12-10-8-6-2/h13-16,19-22,45-47H,5-12,17-18,23-44,48H2,1-4H3/b15-13?,16-14?,21-19-,22-20?. The van der Waals surface area contributed by atoms with Crippen LogP contribution in [0.3, 0.4) is 0 Å². The molecule has 60 heavy (non-hydrogen) atoms. The third-order valence-electron chi connectivity index (χ3n) is 10.2. The number of carbonyl (C=O) groups excluding carboxylic acids is 2. The van der Waals surface area contributed by atoms with E-state index in [1.807, 2.05) is 20.2 Å². The van der Waals surface area contributed by atoms with Gasteiger partial charge in [-0.25, -0.2) is 0 Å². The summed E-state index contributed by atoms with van der Waals surface area (Å²) >= 11 is 0. The SMILES string of the molecule is CCCCCC=CCC=CCCCCCCCC(=O)OCCCCOc1cc(CN(C)C)cc(OCCCCOC(=O)CCCCCCC/C=C\CC=CCCCCC)c1. The van der Waals surface area contributed by atoms with Crippen molar-refractivity contribution in [2.75, 3.05) is 40.5 Å². The van der Waals surface area contributed by atoms with Crippen LogP contribution >= 0.6 is 0 Å². The fourth-order valence-corrected chi connectivity index (χ4v) is 6.72. The number of hydrogen-bond acceptors (Lipinski definition) is 7. The van der Waals surface area contributed by atoms with Crippen molar-refractivity contribution in [3.63, 3.8) is 0 Å². The highest BCUT2D eigenvalue weighted by atomic mass is 16.5. The first-order valence-electron chi connectivity index (χ1n) is 24.4. The normalized spacial score (nSPS) is 11.9. The molecule has 0 saturated carbocycles. The molecular formula is C53H89NO6. The first kappa shape index (κ1) is 54.7. The van der Waals surface area contributed by atoms with E-state index in [1.165, 1.54) is 89.9 Å². The minimum absolute atomic E-state index is 0.0923. The molecule has 7 nitrogen and oxygen atoms in total. The summed E-state index contributed by atoms with van der Waals surface area (Å²) in [6, 6.07) is 6.06. The van der Waals surface area contributed by atoms with E-state index in [2.05, 4.69) is 79.5 Å². The summed E-state index contributed by atoms with van der Waals surface area (Å²) in [4.78, 5) is 26.5. The van der Waals surface area contributed by atoms with Crippen molar-refractivity contribution in [2.45, 2.75) is 200 Å². The molecule has 0 bridgehead atoms. The molecule has 0 spiro atoms. The van der Waals surface area contributed by atoms with E-state index in [0.717, 1.165) is 101 Å². The lowest BCUT2D eigenvalue weighted by atomic mass is 10.1. The summed E-state index contributed by atoms with van der Waals surface area (Å²) in [5, 5.41) is 0. The predicted octanol–water partition coefficient (Wildman–Crippen LogP) is 14.8. The number of carbonyl (C=O) groups is 2. The van der Waals surface area contributed by atoms with E-state index < -0.39 is 0 Å². The van der Waals surface area contributed by atoms with Gasteiger partial charge in [0.1, 0.15) is 11.5 Å². The molecule has 1 aromatic carbocycles. The van der Waals surface area contributed by atoms with Gasteiger partial charge in [0.25, 0.3) is 0 Å². The maximum atomic E-state index is 12.2. The predicted molar refractivity (Wildman–Crippen MR) is 254 cm³/mol. The van der Waals surface area contributed by atoms with Gasteiger partial charge >= 0.3 is 11.9 Å². The summed E-state index contributed by atoms with van der Waals surface area (Å²) in [6.45, 7) is 7.24. The molecule has 1 aromatic rings. The highest BCUT2D eigenvalue weighted by Gasteiger charge is 2.07. The maximum Gasteiger partial charge on any atom is 0.305 e. The first-order chi connectivity index (χ1) is 29.4. The molecule has 0 N–H and O–H groups in total. The Hall–Kier alpha value is -3.32. The maximum absolute atomic E-state index is 12.2. The zero-order valence-corrected chi connectivity index (χ0v) is 39.1. The Morgan fingerprint density at radius 2 is 0.817 bits per heavy atom. The summed E-state index contributed by atoms with van der Waals surface area (Å²) in [7, 11) is 4.09. The lowest BCUT2D eigenvalue weighted by molar-refractivity contribution is -0.144. The van der Waals surface area contributed by atoms with E-state index >= 15 is 0 Å². The van der Waals surface area contributed by atoms with Crippen LogP contribution in [0, 0.1) is 0 Å². The van der Waals surface area contributed by atoms with E-state index in [9.17, 15) is 9.59 Å². The van der Waals surface area contributed by atoms with Gasteiger partial charge in [-0.15, -0.1) is 0 Å². The van der Waals surface area contributed by atoms with Crippen molar-refractivity contribution in [1.82, 2.24) is 4.90 Å². The Morgan fingerprint density at radius 3 is 1.22 bits per heavy atom. The molecular weight excluding hydrogens is 747 g/mol. The van der Waals surface area contributed by atoms with Gasteiger partial charge in [-0.2, -0.15) is 0 Å². The number of nitrogens with zero attached hydrogens (tertiary/aromatic N) is 1. The van der Waals surface area contributed by atoms with Crippen LogP contribution in [-0.2, 0) is 25.6 Å². The highest BCUT2D eigenvalue weighted by Crippen LogP contribution is 2.24. The summed E-state index contributed by atoms with van der Waals surface area (Å²) in [5.74, 6) is 1.38. The monoisotopic (exact) mass is 836 g/mol. The number of esters is 2. The first-order valence-corrected chi connectivity index (χ1v) is 24.4. The average molecular weight is 836 g/mol. The molecule has 0 aromatic heterocycles. The largest absolute Gasteiger partial charge is 0.493 e. The Labute approximate surface area is 368 Å². The van der Waals surface area contributed by atoms with Crippen LogP contribution in [-0.4, -0.2) is 57.4 Å². The second-order valence-corrected chi connectivity index (χ2v) is 16.6. The average Bonchev–Trinajstić information content (AvgIpc) is 3.23. The molecule has 0 aliphatic heterocycles. The van der Waals surface area contributed by atoms with Crippen molar-refractivity contribution in [3.05, 3.63) is 72.4 Å². The number of benzene rings is 1. The van der Waals surface area contributed by atoms with Crippen LogP contribution in [0.4, 0.5) is 0 Å². The molecule has 0 atom stereocenters. The number of rotatable bonds is 42. The third-order valence-corrected chi connectivity index (χ3v) is 10.2. The molecule has 0 saturated heterocycles. The molecule has 0 amide bonds. The Kier molecular flexibility index (Phi) is 38.6. The third kappa shape index (κ3) is 37.7. The van der Waals surface area contributed by atoms with Crippen molar-refractivity contribution in [1.29, 1.82) is 0 Å². The molecule has 0 fully saturated rings. The smallest absolute Gasteiger partial charge is 0.305 e. The van der Waals surface area contributed by atoms with Crippen LogP contribution in [0.15, 0.2) is 66.8 Å². The molecule has 7 heteroatoms. The zero-order valence-electron chi connectivity index (χ0n) is 39.1. The van der Waals surface area contributed by atoms with Gasteiger partial charge in [-0.05, 0) is 135 Å². The number of hydrogen-bond donors (Lipinski definition) is 0. The molecule has 0 aliphatic rings. The van der Waals surface area contributed by atoms with Crippen LogP contribution in [0.1, 0.15) is 199 Å². The summed E-state index contributed by atoms with van der Waals surface area (Å²) in [5.41, 5.74) is 1.12. The topological polar surface area (TPSA) is 74.3 Å². The van der Waals surface area contributed by atoms with Crippen LogP contribution in [0.2, 0.25) is 0 Å². The highest BCUT2D eigenvalue weighted by molar-refractivity contribution is 5.69. The Morgan fingerprint density at radius 1 is 0.450 bits per heavy atom. The number of unbranched alkanes of at least 4 members (excludes halogenated alkanes) is 18. The van der Waals surface area contributed by atoms with Gasteiger partial charge in [0.05, 0.1) is 26.4 Å². The van der Waals surface area contributed by atoms with Gasteiger partial charge in [0.15, 0.2) is 0 Å². The molecule has 0 unspecified atom stereocenters. The number of allylic oxidation sites excluding steroid dienone is 8.